The lowest BCUT2D eigenvalue weighted by molar-refractivity contribution is -0.115. The SMILES string of the molecule is O=C(Cc1ccc2c(c1)OCO2)Nc1cccc(Cl)c1. The van der Waals surface area contributed by atoms with E-state index in [9.17, 15) is 4.79 Å². The van der Waals surface area contributed by atoms with Gasteiger partial charge in [-0.3, -0.25) is 4.79 Å². The Hall–Kier alpha value is -2.20. The fourth-order valence-electron chi connectivity index (χ4n) is 2.01. The first-order valence-electron chi connectivity index (χ1n) is 6.15. The summed E-state index contributed by atoms with van der Waals surface area (Å²) >= 11 is 5.87. The highest BCUT2D eigenvalue weighted by Gasteiger charge is 2.14. The van der Waals surface area contributed by atoms with Crippen molar-refractivity contribution in [3.05, 3.63) is 53.1 Å². The number of ether oxygens (including phenoxy) is 2. The zero-order valence-corrected chi connectivity index (χ0v) is 11.3. The van der Waals surface area contributed by atoms with E-state index in [1.54, 1.807) is 24.3 Å². The van der Waals surface area contributed by atoms with Crippen molar-refractivity contribution in [3.8, 4) is 11.5 Å². The number of anilines is 1. The zero-order valence-electron chi connectivity index (χ0n) is 10.6. The summed E-state index contributed by atoms with van der Waals surface area (Å²) in [5.41, 5.74) is 1.55. The number of halogens is 1. The molecule has 0 fully saturated rings. The third-order valence-corrected chi connectivity index (χ3v) is 3.15. The molecule has 1 amide bonds. The smallest absolute Gasteiger partial charge is 0.231 e. The Morgan fingerprint density at radius 1 is 1.15 bits per heavy atom. The van der Waals surface area contributed by atoms with Crippen molar-refractivity contribution in [2.45, 2.75) is 6.42 Å². The normalized spacial score (nSPS) is 12.2. The van der Waals surface area contributed by atoms with Crippen molar-refractivity contribution in [3.63, 3.8) is 0 Å². The number of hydrogen-bond acceptors (Lipinski definition) is 3. The molecule has 0 spiro atoms. The van der Waals surface area contributed by atoms with Crippen molar-refractivity contribution in [2.75, 3.05) is 12.1 Å². The standard InChI is InChI=1S/C15H12ClNO3/c16-11-2-1-3-12(8-11)17-15(18)7-10-4-5-13-14(6-10)20-9-19-13/h1-6,8H,7,9H2,(H,17,18). The topological polar surface area (TPSA) is 47.6 Å². The van der Waals surface area contributed by atoms with E-state index in [0.29, 0.717) is 22.2 Å². The molecule has 2 aromatic rings. The maximum absolute atomic E-state index is 12.0. The summed E-state index contributed by atoms with van der Waals surface area (Å²) in [4.78, 5) is 12.0. The number of carbonyl (C=O) groups excluding carboxylic acids is 1. The zero-order chi connectivity index (χ0) is 13.9. The summed E-state index contributed by atoms with van der Waals surface area (Å²) in [7, 11) is 0. The average molecular weight is 290 g/mol. The van der Waals surface area contributed by atoms with Crippen LogP contribution in [0.2, 0.25) is 5.02 Å². The molecule has 0 saturated heterocycles. The summed E-state index contributed by atoms with van der Waals surface area (Å²) in [6.45, 7) is 0.230. The molecule has 4 nitrogen and oxygen atoms in total. The maximum atomic E-state index is 12.0. The minimum atomic E-state index is -0.105. The van der Waals surface area contributed by atoms with Crippen LogP contribution in [0.1, 0.15) is 5.56 Å². The van der Waals surface area contributed by atoms with Gasteiger partial charge in [-0.15, -0.1) is 0 Å². The number of nitrogens with one attached hydrogen (secondary N) is 1. The first-order chi connectivity index (χ1) is 9.70. The molecule has 0 aromatic heterocycles. The van der Waals surface area contributed by atoms with E-state index < -0.39 is 0 Å². The van der Waals surface area contributed by atoms with E-state index in [1.807, 2.05) is 18.2 Å². The van der Waals surface area contributed by atoms with Crippen LogP contribution >= 0.6 is 11.6 Å². The Bertz CT molecular complexity index is 657. The minimum Gasteiger partial charge on any atom is -0.454 e. The Balaban J connectivity index is 1.67. The highest BCUT2D eigenvalue weighted by atomic mass is 35.5. The van der Waals surface area contributed by atoms with Gasteiger partial charge >= 0.3 is 0 Å². The second-order valence-corrected chi connectivity index (χ2v) is 4.86. The van der Waals surface area contributed by atoms with Crippen LogP contribution in [-0.2, 0) is 11.2 Å². The van der Waals surface area contributed by atoms with E-state index in [2.05, 4.69) is 5.32 Å². The highest BCUT2D eigenvalue weighted by molar-refractivity contribution is 6.30. The van der Waals surface area contributed by atoms with Gasteiger partial charge in [0.1, 0.15) is 0 Å². The molecule has 1 aliphatic heterocycles. The van der Waals surface area contributed by atoms with Crippen molar-refractivity contribution >= 4 is 23.2 Å². The van der Waals surface area contributed by atoms with Gasteiger partial charge < -0.3 is 14.8 Å². The monoisotopic (exact) mass is 289 g/mol. The predicted octanol–water partition coefficient (Wildman–Crippen LogP) is 3.25. The number of carbonyl (C=O) groups is 1. The molecule has 1 N–H and O–H groups in total. The number of fused-ring (bicyclic) bond motifs is 1. The quantitative estimate of drug-likeness (QED) is 0.943. The van der Waals surface area contributed by atoms with Gasteiger partial charge in [0.05, 0.1) is 6.42 Å². The van der Waals surface area contributed by atoms with Crippen molar-refractivity contribution in [1.82, 2.24) is 0 Å². The van der Waals surface area contributed by atoms with Gasteiger partial charge in [-0.05, 0) is 35.9 Å². The fourth-order valence-corrected chi connectivity index (χ4v) is 2.20. The number of benzene rings is 2. The van der Waals surface area contributed by atoms with E-state index in [1.165, 1.54) is 0 Å². The van der Waals surface area contributed by atoms with E-state index in [-0.39, 0.29) is 19.1 Å². The van der Waals surface area contributed by atoms with Gasteiger partial charge in [-0.1, -0.05) is 23.7 Å². The lowest BCUT2D eigenvalue weighted by Gasteiger charge is -2.06. The summed E-state index contributed by atoms with van der Waals surface area (Å²) < 4.78 is 10.5. The van der Waals surface area contributed by atoms with Gasteiger partial charge in [0.25, 0.3) is 0 Å². The van der Waals surface area contributed by atoms with Crippen LogP contribution in [0.15, 0.2) is 42.5 Å². The van der Waals surface area contributed by atoms with Crippen LogP contribution in [0.3, 0.4) is 0 Å². The third kappa shape index (κ3) is 2.86. The second-order valence-electron chi connectivity index (χ2n) is 4.42. The first kappa shape index (κ1) is 12.8. The largest absolute Gasteiger partial charge is 0.454 e. The summed E-state index contributed by atoms with van der Waals surface area (Å²) in [6.07, 6.45) is 0.267. The van der Waals surface area contributed by atoms with Gasteiger partial charge in [-0.2, -0.15) is 0 Å². The molecule has 1 heterocycles. The molecule has 3 rings (SSSR count). The second kappa shape index (κ2) is 5.43. The molecule has 0 radical (unpaired) electrons. The lowest BCUT2D eigenvalue weighted by Crippen LogP contribution is -2.14. The van der Waals surface area contributed by atoms with Gasteiger partial charge in [0, 0.05) is 10.7 Å². The molecule has 102 valence electrons. The van der Waals surface area contributed by atoms with Gasteiger partial charge in [0.2, 0.25) is 12.7 Å². The van der Waals surface area contributed by atoms with Crippen LogP contribution in [0, 0.1) is 0 Å². The van der Waals surface area contributed by atoms with Crippen LogP contribution in [0.5, 0.6) is 11.5 Å². The molecule has 5 heteroatoms. The molecule has 0 atom stereocenters. The molecule has 2 aromatic carbocycles. The van der Waals surface area contributed by atoms with Gasteiger partial charge in [-0.25, -0.2) is 0 Å². The van der Waals surface area contributed by atoms with Crippen LogP contribution in [-0.4, -0.2) is 12.7 Å². The lowest BCUT2D eigenvalue weighted by atomic mass is 10.1. The van der Waals surface area contributed by atoms with Crippen molar-refractivity contribution in [2.24, 2.45) is 0 Å². The van der Waals surface area contributed by atoms with Crippen molar-refractivity contribution < 1.29 is 14.3 Å². The number of rotatable bonds is 3. The minimum absolute atomic E-state index is 0.105. The number of hydrogen-bond donors (Lipinski definition) is 1. The van der Waals surface area contributed by atoms with E-state index in [4.69, 9.17) is 21.1 Å². The molecule has 1 aliphatic rings. The van der Waals surface area contributed by atoms with E-state index >= 15 is 0 Å². The van der Waals surface area contributed by atoms with Crippen LogP contribution in [0.4, 0.5) is 5.69 Å². The molecular weight excluding hydrogens is 278 g/mol. The third-order valence-electron chi connectivity index (χ3n) is 2.91. The first-order valence-corrected chi connectivity index (χ1v) is 6.52. The Kier molecular flexibility index (Phi) is 3.48. The average Bonchev–Trinajstić information content (AvgIpc) is 2.86. The van der Waals surface area contributed by atoms with Crippen LogP contribution in [0.25, 0.3) is 0 Å². The predicted molar refractivity (Wildman–Crippen MR) is 76.4 cm³/mol. The van der Waals surface area contributed by atoms with Crippen molar-refractivity contribution in [1.29, 1.82) is 0 Å². The molecule has 0 unspecified atom stereocenters. The summed E-state index contributed by atoms with van der Waals surface area (Å²) in [5, 5.41) is 3.39. The highest BCUT2D eigenvalue weighted by Crippen LogP contribution is 2.32. The Labute approximate surface area is 121 Å². The number of amides is 1. The molecular formula is C15H12ClNO3. The fraction of sp³-hybridized carbons (Fsp3) is 0.133. The summed E-state index contributed by atoms with van der Waals surface area (Å²) in [6, 6.07) is 12.5. The van der Waals surface area contributed by atoms with E-state index in [0.717, 1.165) is 5.56 Å². The van der Waals surface area contributed by atoms with Gasteiger partial charge in [0.15, 0.2) is 11.5 Å². The molecule has 0 saturated carbocycles. The Morgan fingerprint density at radius 2 is 2.00 bits per heavy atom. The Morgan fingerprint density at radius 3 is 2.85 bits per heavy atom. The molecule has 0 bridgehead atoms. The van der Waals surface area contributed by atoms with Crippen LogP contribution < -0.4 is 14.8 Å². The maximum Gasteiger partial charge on any atom is 0.231 e. The summed E-state index contributed by atoms with van der Waals surface area (Å²) in [5.74, 6) is 1.29. The molecule has 20 heavy (non-hydrogen) atoms. The molecule has 0 aliphatic carbocycles.